The molecule has 1 aromatic rings. The first kappa shape index (κ1) is 15.4. The predicted octanol–water partition coefficient (Wildman–Crippen LogP) is 2.27. The Morgan fingerprint density at radius 1 is 1.47 bits per heavy atom. The van der Waals surface area contributed by atoms with Crippen molar-refractivity contribution in [3.05, 3.63) is 29.8 Å². The van der Waals surface area contributed by atoms with Crippen molar-refractivity contribution in [3.8, 4) is 5.75 Å². The zero-order chi connectivity index (χ0) is 14.4. The summed E-state index contributed by atoms with van der Waals surface area (Å²) in [6.45, 7) is 5.79. The van der Waals surface area contributed by atoms with E-state index in [0.717, 1.165) is 0 Å². The first-order chi connectivity index (χ1) is 8.93. The van der Waals surface area contributed by atoms with Gasteiger partial charge in [-0.1, -0.05) is 25.2 Å². The van der Waals surface area contributed by atoms with Crippen LogP contribution in [0.25, 0.3) is 0 Å². The lowest BCUT2D eigenvalue weighted by Gasteiger charge is -2.16. The van der Waals surface area contributed by atoms with E-state index < -0.39 is 0 Å². The second-order valence-corrected chi connectivity index (χ2v) is 5.00. The maximum atomic E-state index is 12.1. The molecule has 1 amide bonds. The van der Waals surface area contributed by atoms with Gasteiger partial charge in [-0.3, -0.25) is 4.79 Å². The average molecular weight is 280 g/mol. The van der Waals surface area contributed by atoms with Crippen LogP contribution in [0.5, 0.6) is 5.75 Å². The number of amides is 1. The van der Waals surface area contributed by atoms with E-state index in [4.69, 9.17) is 22.7 Å². The van der Waals surface area contributed by atoms with Crippen LogP contribution in [0.1, 0.15) is 37.6 Å². The quantitative estimate of drug-likeness (QED) is 0.785. The zero-order valence-electron chi connectivity index (χ0n) is 11.5. The van der Waals surface area contributed by atoms with Crippen molar-refractivity contribution in [1.29, 1.82) is 0 Å². The van der Waals surface area contributed by atoms with Crippen LogP contribution in [0.3, 0.4) is 0 Å². The van der Waals surface area contributed by atoms with Gasteiger partial charge in [-0.2, -0.15) is 0 Å². The molecule has 1 aromatic carbocycles. The number of benzene rings is 1. The molecule has 0 aromatic heterocycles. The Morgan fingerprint density at radius 3 is 2.68 bits per heavy atom. The molecule has 0 fully saturated rings. The fraction of sp³-hybridized carbons (Fsp3) is 0.429. The summed E-state index contributed by atoms with van der Waals surface area (Å²) < 4.78 is 5.55. The van der Waals surface area contributed by atoms with Crippen LogP contribution >= 0.6 is 12.2 Å². The number of hydrogen-bond donors (Lipinski definition) is 2. The lowest BCUT2D eigenvalue weighted by atomic mass is 10.1. The van der Waals surface area contributed by atoms with Gasteiger partial charge in [0.15, 0.2) is 0 Å². The standard InChI is InChI=1S/C14H20N2O2S/c1-4-12(13(15)19)16-14(17)10-6-5-7-11(8-10)18-9(2)3/h5-9,12H,4H2,1-3H3,(H2,15,19)(H,16,17). The largest absolute Gasteiger partial charge is 0.491 e. The van der Waals surface area contributed by atoms with E-state index in [9.17, 15) is 4.79 Å². The molecule has 1 rings (SSSR count). The van der Waals surface area contributed by atoms with Gasteiger partial charge in [-0.25, -0.2) is 0 Å². The van der Waals surface area contributed by atoms with Crippen molar-refractivity contribution in [2.45, 2.75) is 39.3 Å². The molecule has 0 radical (unpaired) electrons. The van der Waals surface area contributed by atoms with Crippen molar-refractivity contribution < 1.29 is 9.53 Å². The molecule has 0 aliphatic carbocycles. The van der Waals surface area contributed by atoms with Crippen molar-refractivity contribution in [3.63, 3.8) is 0 Å². The summed E-state index contributed by atoms with van der Waals surface area (Å²) >= 11 is 4.91. The molecule has 1 unspecified atom stereocenters. The number of nitrogens with one attached hydrogen (secondary N) is 1. The molecule has 0 spiro atoms. The molecule has 1 atom stereocenters. The lowest BCUT2D eigenvalue weighted by molar-refractivity contribution is 0.0945. The van der Waals surface area contributed by atoms with Gasteiger partial charge in [0.1, 0.15) is 5.75 Å². The minimum absolute atomic E-state index is 0.0679. The number of nitrogens with two attached hydrogens (primary N) is 1. The summed E-state index contributed by atoms with van der Waals surface area (Å²) in [5.74, 6) is 0.472. The third-order valence-corrected chi connectivity index (χ3v) is 2.81. The minimum atomic E-state index is -0.280. The molecule has 0 heterocycles. The van der Waals surface area contributed by atoms with E-state index in [0.29, 0.717) is 22.7 Å². The molecule has 5 heteroatoms. The van der Waals surface area contributed by atoms with Gasteiger partial charge in [-0.15, -0.1) is 0 Å². The summed E-state index contributed by atoms with van der Waals surface area (Å²) in [5.41, 5.74) is 6.10. The van der Waals surface area contributed by atoms with Crippen LogP contribution < -0.4 is 15.8 Å². The lowest BCUT2D eigenvalue weighted by Crippen LogP contribution is -2.42. The highest BCUT2D eigenvalue weighted by molar-refractivity contribution is 7.80. The Hall–Kier alpha value is -1.62. The topological polar surface area (TPSA) is 64.3 Å². The SMILES string of the molecule is CCC(NC(=O)c1cccc(OC(C)C)c1)C(N)=S. The molecule has 0 aliphatic rings. The van der Waals surface area contributed by atoms with Crippen LogP contribution in [-0.4, -0.2) is 23.0 Å². The van der Waals surface area contributed by atoms with Crippen LogP contribution in [-0.2, 0) is 0 Å². The number of thiocarbonyl (C=S) groups is 1. The van der Waals surface area contributed by atoms with Gasteiger partial charge in [0.25, 0.3) is 5.91 Å². The van der Waals surface area contributed by atoms with Crippen LogP contribution in [0.15, 0.2) is 24.3 Å². The monoisotopic (exact) mass is 280 g/mol. The fourth-order valence-corrected chi connectivity index (χ4v) is 1.82. The summed E-state index contributed by atoms with van der Waals surface area (Å²) in [6, 6.07) is 6.77. The van der Waals surface area contributed by atoms with E-state index in [2.05, 4.69) is 5.32 Å². The maximum absolute atomic E-state index is 12.1. The number of hydrogen-bond acceptors (Lipinski definition) is 3. The maximum Gasteiger partial charge on any atom is 0.251 e. The molecule has 19 heavy (non-hydrogen) atoms. The highest BCUT2D eigenvalue weighted by Crippen LogP contribution is 2.15. The number of ether oxygens (including phenoxy) is 1. The van der Waals surface area contributed by atoms with Gasteiger partial charge < -0.3 is 15.8 Å². The molecule has 0 bridgehead atoms. The van der Waals surface area contributed by atoms with Crippen LogP contribution in [0.2, 0.25) is 0 Å². The number of carbonyl (C=O) groups is 1. The number of rotatable bonds is 6. The average Bonchev–Trinajstić information content (AvgIpc) is 2.34. The molecular weight excluding hydrogens is 260 g/mol. The summed E-state index contributed by atoms with van der Waals surface area (Å²) in [7, 11) is 0. The van der Waals surface area contributed by atoms with Crippen molar-refractivity contribution >= 4 is 23.1 Å². The van der Waals surface area contributed by atoms with Crippen LogP contribution in [0, 0.1) is 0 Å². The minimum Gasteiger partial charge on any atom is -0.491 e. The van der Waals surface area contributed by atoms with E-state index >= 15 is 0 Å². The van der Waals surface area contributed by atoms with E-state index in [1.54, 1.807) is 18.2 Å². The summed E-state index contributed by atoms with van der Waals surface area (Å²) in [6.07, 6.45) is 0.738. The zero-order valence-corrected chi connectivity index (χ0v) is 12.3. The second-order valence-electron chi connectivity index (χ2n) is 4.53. The predicted molar refractivity (Wildman–Crippen MR) is 80.5 cm³/mol. The third kappa shape index (κ3) is 4.87. The van der Waals surface area contributed by atoms with Gasteiger partial charge in [-0.05, 0) is 38.5 Å². The molecule has 0 aliphatic heterocycles. The fourth-order valence-electron chi connectivity index (χ4n) is 1.60. The third-order valence-electron chi connectivity index (χ3n) is 2.53. The second kappa shape index (κ2) is 7.09. The Bertz CT molecular complexity index is 461. The molecule has 3 N–H and O–H groups in total. The Morgan fingerprint density at radius 2 is 2.16 bits per heavy atom. The molecule has 4 nitrogen and oxygen atoms in total. The number of carbonyl (C=O) groups excluding carboxylic acids is 1. The van der Waals surface area contributed by atoms with E-state index in [-0.39, 0.29) is 18.1 Å². The van der Waals surface area contributed by atoms with Crippen molar-refractivity contribution in [2.24, 2.45) is 5.73 Å². The highest BCUT2D eigenvalue weighted by atomic mass is 32.1. The molecule has 104 valence electrons. The summed E-state index contributed by atoms with van der Waals surface area (Å²) in [4.78, 5) is 12.4. The van der Waals surface area contributed by atoms with Crippen molar-refractivity contribution in [2.75, 3.05) is 0 Å². The first-order valence-corrected chi connectivity index (χ1v) is 6.71. The Kier molecular flexibility index (Phi) is 5.76. The Balaban J connectivity index is 2.79. The Labute approximate surface area is 119 Å². The molecular formula is C14H20N2O2S. The normalized spacial score (nSPS) is 12.0. The molecule has 0 saturated heterocycles. The smallest absolute Gasteiger partial charge is 0.251 e. The van der Waals surface area contributed by atoms with E-state index in [1.165, 1.54) is 0 Å². The van der Waals surface area contributed by atoms with Gasteiger partial charge in [0, 0.05) is 5.56 Å². The molecule has 0 saturated carbocycles. The van der Waals surface area contributed by atoms with Gasteiger partial charge in [0.05, 0.1) is 17.1 Å². The van der Waals surface area contributed by atoms with Crippen molar-refractivity contribution in [1.82, 2.24) is 5.32 Å². The van der Waals surface area contributed by atoms with Gasteiger partial charge >= 0.3 is 0 Å². The van der Waals surface area contributed by atoms with E-state index in [1.807, 2.05) is 26.8 Å². The van der Waals surface area contributed by atoms with Gasteiger partial charge in [0.2, 0.25) is 0 Å². The highest BCUT2D eigenvalue weighted by Gasteiger charge is 2.14. The first-order valence-electron chi connectivity index (χ1n) is 6.31. The summed E-state index contributed by atoms with van der Waals surface area (Å²) in [5, 5.41) is 2.80. The van der Waals surface area contributed by atoms with Crippen LogP contribution in [0.4, 0.5) is 0 Å².